The molecule has 0 radical (unpaired) electrons. The highest BCUT2D eigenvalue weighted by molar-refractivity contribution is 5.92. The van der Waals surface area contributed by atoms with Crippen LogP contribution in [0.25, 0.3) is 0 Å². The van der Waals surface area contributed by atoms with E-state index in [0.717, 1.165) is 30.9 Å². The molecule has 1 fully saturated rings. The van der Waals surface area contributed by atoms with Crippen LogP contribution < -0.4 is 5.32 Å². The number of carbonyl (C=O) groups is 1. The number of oxime groups is 1. The van der Waals surface area contributed by atoms with Crippen molar-refractivity contribution in [3.8, 4) is 0 Å². The summed E-state index contributed by atoms with van der Waals surface area (Å²) in [5, 5.41) is 15.0. The Hall–Kier alpha value is -1.88. The van der Waals surface area contributed by atoms with E-state index in [-0.39, 0.29) is 11.8 Å². The second-order valence-electron chi connectivity index (χ2n) is 4.89. The SMILES string of the molecule is CC1CN(CC(=O)Nc2ccccc2)CC/C1=N\O. The van der Waals surface area contributed by atoms with Crippen LogP contribution in [0.3, 0.4) is 0 Å². The Balaban J connectivity index is 1.84. The molecule has 102 valence electrons. The first kappa shape index (κ1) is 13.5. The molecule has 0 bridgehead atoms. The Morgan fingerprint density at radius 2 is 2.21 bits per heavy atom. The molecule has 1 atom stereocenters. The van der Waals surface area contributed by atoms with Crippen molar-refractivity contribution in [3.63, 3.8) is 0 Å². The van der Waals surface area contributed by atoms with Gasteiger partial charge in [-0.1, -0.05) is 30.3 Å². The van der Waals surface area contributed by atoms with Crippen LogP contribution in [0, 0.1) is 5.92 Å². The Labute approximate surface area is 112 Å². The Bertz CT molecular complexity index is 459. The van der Waals surface area contributed by atoms with Gasteiger partial charge in [0.25, 0.3) is 0 Å². The van der Waals surface area contributed by atoms with Gasteiger partial charge in [-0.3, -0.25) is 9.69 Å². The van der Waals surface area contributed by atoms with Gasteiger partial charge in [0.05, 0.1) is 12.3 Å². The molecular weight excluding hydrogens is 242 g/mol. The number of piperidine rings is 1. The van der Waals surface area contributed by atoms with Crippen LogP contribution >= 0.6 is 0 Å². The summed E-state index contributed by atoms with van der Waals surface area (Å²) in [6.45, 7) is 3.89. The highest BCUT2D eigenvalue weighted by Gasteiger charge is 2.23. The first-order valence-corrected chi connectivity index (χ1v) is 6.47. The predicted molar refractivity (Wildman–Crippen MR) is 74.5 cm³/mol. The zero-order chi connectivity index (χ0) is 13.7. The molecule has 1 unspecified atom stereocenters. The number of carbonyl (C=O) groups excluding carboxylic acids is 1. The number of amides is 1. The first-order chi connectivity index (χ1) is 9.19. The van der Waals surface area contributed by atoms with Crippen LogP contribution in [0.2, 0.25) is 0 Å². The van der Waals surface area contributed by atoms with Gasteiger partial charge < -0.3 is 10.5 Å². The minimum Gasteiger partial charge on any atom is -0.411 e. The number of para-hydroxylation sites is 1. The lowest BCUT2D eigenvalue weighted by molar-refractivity contribution is -0.117. The third-order valence-electron chi connectivity index (χ3n) is 3.34. The van der Waals surface area contributed by atoms with Crippen LogP contribution in [0.5, 0.6) is 0 Å². The largest absolute Gasteiger partial charge is 0.411 e. The molecule has 2 rings (SSSR count). The maximum absolute atomic E-state index is 11.9. The minimum absolute atomic E-state index is 0.0113. The zero-order valence-corrected chi connectivity index (χ0v) is 11.0. The summed E-state index contributed by atoms with van der Waals surface area (Å²) in [6.07, 6.45) is 0.719. The van der Waals surface area contributed by atoms with E-state index in [4.69, 9.17) is 5.21 Å². The topological polar surface area (TPSA) is 64.9 Å². The van der Waals surface area contributed by atoms with Gasteiger partial charge in [-0.05, 0) is 12.1 Å². The Kier molecular flexibility index (Phi) is 4.52. The van der Waals surface area contributed by atoms with E-state index in [0.29, 0.717) is 6.54 Å². The molecular formula is C14H19N3O2. The van der Waals surface area contributed by atoms with E-state index < -0.39 is 0 Å². The van der Waals surface area contributed by atoms with Crippen LogP contribution in [0.4, 0.5) is 5.69 Å². The van der Waals surface area contributed by atoms with Crippen LogP contribution in [0.1, 0.15) is 13.3 Å². The first-order valence-electron chi connectivity index (χ1n) is 6.47. The average Bonchev–Trinajstić information content (AvgIpc) is 2.40. The van der Waals surface area contributed by atoms with E-state index in [1.807, 2.05) is 37.3 Å². The summed E-state index contributed by atoms with van der Waals surface area (Å²) >= 11 is 0. The summed E-state index contributed by atoms with van der Waals surface area (Å²) in [7, 11) is 0. The van der Waals surface area contributed by atoms with E-state index >= 15 is 0 Å². The maximum atomic E-state index is 11.9. The number of benzene rings is 1. The smallest absolute Gasteiger partial charge is 0.238 e. The molecule has 1 aromatic carbocycles. The monoisotopic (exact) mass is 261 g/mol. The number of nitrogens with zero attached hydrogens (tertiary/aromatic N) is 2. The molecule has 0 saturated carbocycles. The molecule has 1 aliphatic heterocycles. The molecule has 0 aromatic heterocycles. The normalized spacial score (nSPS) is 22.4. The average molecular weight is 261 g/mol. The van der Waals surface area contributed by atoms with Crippen molar-refractivity contribution in [2.75, 3.05) is 25.0 Å². The lowest BCUT2D eigenvalue weighted by atomic mass is 9.98. The predicted octanol–water partition coefficient (Wildman–Crippen LogP) is 1.80. The van der Waals surface area contributed by atoms with Gasteiger partial charge in [0, 0.05) is 31.1 Å². The highest BCUT2D eigenvalue weighted by atomic mass is 16.4. The lowest BCUT2D eigenvalue weighted by Gasteiger charge is -2.30. The van der Waals surface area contributed by atoms with Crippen LogP contribution in [-0.2, 0) is 4.79 Å². The molecule has 1 amide bonds. The van der Waals surface area contributed by atoms with Crippen molar-refractivity contribution in [1.82, 2.24) is 4.90 Å². The van der Waals surface area contributed by atoms with Crippen molar-refractivity contribution in [2.24, 2.45) is 11.1 Å². The summed E-state index contributed by atoms with van der Waals surface area (Å²) < 4.78 is 0. The molecule has 2 N–H and O–H groups in total. The summed E-state index contributed by atoms with van der Waals surface area (Å²) in [6, 6.07) is 9.43. The number of hydrogen-bond acceptors (Lipinski definition) is 4. The molecule has 5 heteroatoms. The lowest BCUT2D eigenvalue weighted by Crippen LogP contribution is -2.43. The van der Waals surface area contributed by atoms with E-state index in [1.54, 1.807) is 0 Å². The highest BCUT2D eigenvalue weighted by Crippen LogP contribution is 2.13. The van der Waals surface area contributed by atoms with Crippen LogP contribution in [0.15, 0.2) is 35.5 Å². The van der Waals surface area contributed by atoms with Gasteiger partial charge in [0.1, 0.15) is 0 Å². The molecule has 19 heavy (non-hydrogen) atoms. The van der Waals surface area contributed by atoms with Crippen molar-refractivity contribution in [1.29, 1.82) is 0 Å². The van der Waals surface area contributed by atoms with Gasteiger partial charge in [-0.15, -0.1) is 0 Å². The number of rotatable bonds is 3. The van der Waals surface area contributed by atoms with E-state index in [2.05, 4.69) is 15.4 Å². The van der Waals surface area contributed by atoms with Crippen molar-refractivity contribution in [3.05, 3.63) is 30.3 Å². The van der Waals surface area contributed by atoms with E-state index in [1.165, 1.54) is 0 Å². The number of hydrogen-bond donors (Lipinski definition) is 2. The number of anilines is 1. The van der Waals surface area contributed by atoms with Gasteiger partial charge >= 0.3 is 0 Å². The van der Waals surface area contributed by atoms with Crippen molar-refractivity contribution < 1.29 is 10.0 Å². The fourth-order valence-electron chi connectivity index (χ4n) is 2.32. The molecule has 1 heterocycles. The third-order valence-corrected chi connectivity index (χ3v) is 3.34. The third kappa shape index (κ3) is 3.79. The van der Waals surface area contributed by atoms with Crippen molar-refractivity contribution >= 4 is 17.3 Å². The van der Waals surface area contributed by atoms with Gasteiger partial charge in [-0.2, -0.15) is 0 Å². The Morgan fingerprint density at radius 3 is 2.84 bits per heavy atom. The Morgan fingerprint density at radius 1 is 1.47 bits per heavy atom. The van der Waals surface area contributed by atoms with Gasteiger partial charge in [-0.25, -0.2) is 0 Å². The molecule has 1 aromatic rings. The summed E-state index contributed by atoms with van der Waals surface area (Å²) in [4.78, 5) is 14.0. The second kappa shape index (κ2) is 6.33. The molecule has 0 spiro atoms. The molecule has 1 aliphatic rings. The summed E-state index contributed by atoms with van der Waals surface area (Å²) in [5.41, 5.74) is 1.63. The standard InChI is InChI=1S/C14H19N3O2/c1-11-9-17(8-7-13(11)16-19)10-14(18)15-12-5-3-2-4-6-12/h2-6,11,19H,7-10H2,1H3,(H,15,18)/b16-13+. The molecule has 0 aliphatic carbocycles. The maximum Gasteiger partial charge on any atom is 0.238 e. The second-order valence-corrected chi connectivity index (χ2v) is 4.89. The molecule has 5 nitrogen and oxygen atoms in total. The zero-order valence-electron chi connectivity index (χ0n) is 11.0. The van der Waals surface area contributed by atoms with Crippen molar-refractivity contribution in [2.45, 2.75) is 13.3 Å². The minimum atomic E-state index is -0.0113. The number of likely N-dealkylation sites (tertiary alicyclic amines) is 1. The van der Waals surface area contributed by atoms with Gasteiger partial charge in [0.2, 0.25) is 5.91 Å². The van der Waals surface area contributed by atoms with Gasteiger partial charge in [0.15, 0.2) is 0 Å². The summed E-state index contributed by atoms with van der Waals surface area (Å²) in [5.74, 6) is 0.186. The number of nitrogens with one attached hydrogen (secondary N) is 1. The quantitative estimate of drug-likeness (QED) is 0.644. The fraction of sp³-hybridized carbons (Fsp3) is 0.429. The van der Waals surface area contributed by atoms with Crippen LogP contribution in [-0.4, -0.2) is 41.4 Å². The fourth-order valence-corrected chi connectivity index (χ4v) is 2.32. The molecule has 1 saturated heterocycles. The van der Waals surface area contributed by atoms with E-state index in [9.17, 15) is 4.79 Å².